The summed E-state index contributed by atoms with van der Waals surface area (Å²) in [5.41, 5.74) is 8.12. The minimum Gasteiger partial charge on any atom is -0.416 e. The highest BCUT2D eigenvalue weighted by molar-refractivity contribution is 9.10. The van der Waals surface area contributed by atoms with Crippen LogP contribution < -0.4 is 5.73 Å². The van der Waals surface area contributed by atoms with Gasteiger partial charge < -0.3 is 15.1 Å². The molecule has 0 unspecified atom stereocenters. The number of hydrogen-bond acceptors (Lipinski definition) is 3. The molecule has 3 aromatic rings. The summed E-state index contributed by atoms with van der Waals surface area (Å²) in [5.74, 6) is 0. The summed E-state index contributed by atoms with van der Waals surface area (Å²) in [5, 5.41) is 1.13. The minimum atomic E-state index is 0.153. The van der Waals surface area contributed by atoms with Gasteiger partial charge in [-0.2, -0.15) is 4.98 Å². The van der Waals surface area contributed by atoms with E-state index in [2.05, 4.69) is 25.9 Å². The highest BCUT2D eigenvalue weighted by atomic mass is 79.9. The number of nitrogens with one attached hydrogen (secondary N) is 1. The van der Waals surface area contributed by atoms with Crippen LogP contribution in [-0.4, -0.2) is 9.97 Å². The first-order valence-electron chi connectivity index (χ1n) is 4.74. The number of nitrogens with zero attached hydrogens (tertiary/aromatic N) is 1. The lowest BCUT2D eigenvalue weighted by Gasteiger charge is -1.89. The van der Waals surface area contributed by atoms with Gasteiger partial charge in [0.1, 0.15) is 5.69 Å². The maximum Gasteiger partial charge on any atom is 0.293 e. The molecule has 16 heavy (non-hydrogen) atoms. The van der Waals surface area contributed by atoms with E-state index in [9.17, 15) is 0 Å². The van der Waals surface area contributed by atoms with Crippen LogP contribution in [0.3, 0.4) is 0 Å². The second kappa shape index (κ2) is 3.38. The number of nitrogen functional groups attached to an aromatic ring is 1. The first-order chi connectivity index (χ1) is 7.74. The molecule has 0 aliphatic rings. The number of anilines is 1. The van der Waals surface area contributed by atoms with Crippen LogP contribution >= 0.6 is 15.9 Å². The Labute approximate surface area is 99.6 Å². The predicted octanol–water partition coefficient (Wildman–Crippen LogP) is 3.17. The maximum atomic E-state index is 5.49. The van der Waals surface area contributed by atoms with E-state index in [1.165, 1.54) is 0 Å². The highest BCUT2D eigenvalue weighted by Crippen LogP contribution is 2.30. The van der Waals surface area contributed by atoms with Crippen molar-refractivity contribution in [2.24, 2.45) is 0 Å². The molecule has 5 heteroatoms. The van der Waals surface area contributed by atoms with E-state index in [-0.39, 0.29) is 6.01 Å². The molecule has 0 fully saturated rings. The van der Waals surface area contributed by atoms with Crippen LogP contribution in [-0.2, 0) is 0 Å². The monoisotopic (exact) mass is 277 g/mol. The van der Waals surface area contributed by atoms with Crippen molar-refractivity contribution < 1.29 is 4.42 Å². The summed E-state index contributed by atoms with van der Waals surface area (Å²) in [6.45, 7) is 0. The molecular formula is C11H8BrN3O. The Kier molecular flexibility index (Phi) is 2.00. The van der Waals surface area contributed by atoms with Gasteiger partial charge in [0, 0.05) is 10.9 Å². The maximum absolute atomic E-state index is 5.49. The van der Waals surface area contributed by atoms with Crippen LogP contribution in [0.15, 0.2) is 39.4 Å². The predicted molar refractivity (Wildman–Crippen MR) is 65.9 cm³/mol. The summed E-state index contributed by atoms with van der Waals surface area (Å²) in [6, 6.07) is 10.2. The number of fused-ring (bicyclic) bond motifs is 1. The fourth-order valence-corrected chi connectivity index (χ4v) is 2.15. The van der Waals surface area contributed by atoms with Crippen molar-refractivity contribution in [1.29, 1.82) is 0 Å². The number of para-hydroxylation sites is 1. The zero-order valence-electron chi connectivity index (χ0n) is 8.20. The van der Waals surface area contributed by atoms with Gasteiger partial charge in [0.25, 0.3) is 6.01 Å². The third-order valence-corrected chi connectivity index (χ3v) is 2.92. The van der Waals surface area contributed by atoms with E-state index in [4.69, 9.17) is 10.2 Å². The second-order valence-corrected chi connectivity index (χ2v) is 4.16. The van der Waals surface area contributed by atoms with Gasteiger partial charge in [0.2, 0.25) is 4.67 Å². The Balaban J connectivity index is 2.22. The molecule has 0 spiro atoms. The van der Waals surface area contributed by atoms with Gasteiger partial charge in [-0.25, -0.2) is 0 Å². The molecule has 80 valence electrons. The van der Waals surface area contributed by atoms with Crippen LogP contribution in [0, 0.1) is 0 Å². The molecule has 0 saturated carbocycles. The second-order valence-electron chi connectivity index (χ2n) is 3.44. The van der Waals surface area contributed by atoms with Crippen molar-refractivity contribution in [1.82, 2.24) is 9.97 Å². The van der Waals surface area contributed by atoms with Crippen LogP contribution in [0.25, 0.3) is 22.3 Å². The van der Waals surface area contributed by atoms with Crippen LogP contribution in [0.1, 0.15) is 0 Å². The van der Waals surface area contributed by atoms with Crippen molar-refractivity contribution in [2.45, 2.75) is 0 Å². The summed E-state index contributed by atoms with van der Waals surface area (Å²) < 4.78 is 5.67. The van der Waals surface area contributed by atoms with Gasteiger partial charge >= 0.3 is 0 Å². The molecule has 0 amide bonds. The number of aromatic nitrogens is 2. The van der Waals surface area contributed by atoms with Crippen LogP contribution in [0.4, 0.5) is 6.01 Å². The number of hydrogen-bond donors (Lipinski definition) is 2. The van der Waals surface area contributed by atoms with Crippen molar-refractivity contribution in [2.75, 3.05) is 5.73 Å². The lowest BCUT2D eigenvalue weighted by Crippen LogP contribution is -1.83. The fraction of sp³-hybridized carbons (Fsp3) is 0. The Hall–Kier alpha value is -1.75. The third kappa shape index (κ3) is 1.40. The fourth-order valence-electron chi connectivity index (χ4n) is 1.68. The molecule has 4 nitrogen and oxygen atoms in total. The van der Waals surface area contributed by atoms with Gasteiger partial charge in [-0.1, -0.05) is 18.2 Å². The van der Waals surface area contributed by atoms with E-state index in [1.54, 1.807) is 0 Å². The molecule has 3 rings (SSSR count). The number of aromatic amines is 1. The van der Waals surface area contributed by atoms with Crippen LogP contribution in [0.5, 0.6) is 0 Å². The topological polar surface area (TPSA) is 67.8 Å². The molecule has 0 aliphatic heterocycles. The molecule has 0 radical (unpaired) electrons. The van der Waals surface area contributed by atoms with Gasteiger partial charge in [0.15, 0.2) is 0 Å². The number of rotatable bonds is 1. The Morgan fingerprint density at radius 1 is 1.31 bits per heavy atom. The number of nitrogens with two attached hydrogens (primary N) is 1. The lowest BCUT2D eigenvalue weighted by atomic mass is 10.2. The third-order valence-electron chi connectivity index (χ3n) is 2.39. The van der Waals surface area contributed by atoms with E-state index < -0.39 is 0 Å². The van der Waals surface area contributed by atoms with Gasteiger partial charge in [-0.05, 0) is 28.1 Å². The average Bonchev–Trinajstić information content (AvgIpc) is 2.81. The summed E-state index contributed by atoms with van der Waals surface area (Å²) in [7, 11) is 0. The highest BCUT2D eigenvalue weighted by Gasteiger charge is 2.13. The number of oxazole rings is 1. The Morgan fingerprint density at radius 3 is 2.81 bits per heavy atom. The lowest BCUT2D eigenvalue weighted by molar-refractivity contribution is 0.556. The van der Waals surface area contributed by atoms with Crippen LogP contribution in [0.2, 0.25) is 0 Å². The first-order valence-corrected chi connectivity index (χ1v) is 5.53. The number of benzene rings is 1. The molecule has 0 aliphatic carbocycles. The van der Waals surface area contributed by atoms with E-state index in [0.717, 1.165) is 16.6 Å². The Bertz CT molecular complexity index is 623. The molecule has 3 N–H and O–H groups in total. The van der Waals surface area contributed by atoms with Crippen molar-refractivity contribution >= 4 is 32.8 Å². The van der Waals surface area contributed by atoms with Gasteiger partial charge in [-0.15, -0.1) is 0 Å². The molecule has 0 atom stereocenters. The smallest absolute Gasteiger partial charge is 0.293 e. The molecule has 0 bridgehead atoms. The summed E-state index contributed by atoms with van der Waals surface area (Å²) in [6.07, 6.45) is 0. The van der Waals surface area contributed by atoms with Crippen molar-refractivity contribution in [3.8, 4) is 11.4 Å². The molecule has 0 saturated heterocycles. The van der Waals surface area contributed by atoms with E-state index in [0.29, 0.717) is 10.4 Å². The molecule has 2 heterocycles. The van der Waals surface area contributed by atoms with Gasteiger partial charge in [-0.3, -0.25) is 0 Å². The normalized spacial score (nSPS) is 11.1. The largest absolute Gasteiger partial charge is 0.416 e. The SMILES string of the molecule is Nc1nc(-c2cc3ccccc3[nH]2)c(Br)o1. The molecule has 2 aromatic heterocycles. The number of H-pyrrole nitrogens is 1. The summed E-state index contributed by atoms with van der Waals surface area (Å²) in [4.78, 5) is 7.37. The zero-order valence-corrected chi connectivity index (χ0v) is 9.78. The van der Waals surface area contributed by atoms with Crippen molar-refractivity contribution in [3.63, 3.8) is 0 Å². The van der Waals surface area contributed by atoms with Crippen molar-refractivity contribution in [3.05, 3.63) is 35.0 Å². The first kappa shape index (κ1) is 9.47. The Morgan fingerprint density at radius 2 is 2.12 bits per heavy atom. The average molecular weight is 278 g/mol. The zero-order chi connectivity index (χ0) is 11.1. The van der Waals surface area contributed by atoms with Gasteiger partial charge in [0.05, 0.1) is 5.69 Å². The van der Waals surface area contributed by atoms with E-state index in [1.807, 2.05) is 30.3 Å². The molecule has 1 aromatic carbocycles. The number of halogens is 1. The van der Waals surface area contributed by atoms with E-state index >= 15 is 0 Å². The summed E-state index contributed by atoms with van der Waals surface area (Å²) >= 11 is 3.28. The standard InChI is InChI=1S/C11H8BrN3O/c12-10-9(15-11(13)16-10)8-5-6-3-1-2-4-7(6)14-8/h1-5,14H,(H2,13,15). The quantitative estimate of drug-likeness (QED) is 0.718. The molecular weight excluding hydrogens is 270 g/mol. The minimum absolute atomic E-state index is 0.153.